The van der Waals surface area contributed by atoms with Gasteiger partial charge < -0.3 is 15.4 Å². The fourth-order valence-electron chi connectivity index (χ4n) is 1.15. The van der Waals surface area contributed by atoms with E-state index in [0.717, 1.165) is 32.8 Å². The first-order valence-electron chi connectivity index (χ1n) is 4.96. The van der Waals surface area contributed by atoms with Crippen LogP contribution < -0.4 is 10.6 Å². The standard InChI is InChI=1S/C10H17BrN2OS/c1-14-5-4-12-2-3-13-7-9-6-10(11)15-8-9/h6,8,12-13H,2-5,7H2,1H3. The average Bonchev–Trinajstić information content (AvgIpc) is 2.63. The van der Waals surface area contributed by atoms with Gasteiger partial charge in [0.2, 0.25) is 0 Å². The molecule has 0 radical (unpaired) electrons. The summed E-state index contributed by atoms with van der Waals surface area (Å²) in [5.74, 6) is 0. The summed E-state index contributed by atoms with van der Waals surface area (Å²) in [4.78, 5) is 0. The van der Waals surface area contributed by atoms with Crippen molar-refractivity contribution in [1.29, 1.82) is 0 Å². The lowest BCUT2D eigenvalue weighted by Gasteiger charge is -2.04. The highest BCUT2D eigenvalue weighted by Gasteiger charge is 1.95. The zero-order chi connectivity index (χ0) is 10.9. The van der Waals surface area contributed by atoms with Gasteiger partial charge in [-0.1, -0.05) is 0 Å². The number of methoxy groups -OCH3 is 1. The summed E-state index contributed by atoms with van der Waals surface area (Å²) in [6.45, 7) is 4.60. The van der Waals surface area contributed by atoms with E-state index in [0.29, 0.717) is 0 Å². The molecule has 2 N–H and O–H groups in total. The van der Waals surface area contributed by atoms with Crippen LogP contribution >= 0.6 is 27.3 Å². The summed E-state index contributed by atoms with van der Waals surface area (Å²) < 4.78 is 6.13. The zero-order valence-corrected chi connectivity index (χ0v) is 11.3. The van der Waals surface area contributed by atoms with Crippen LogP contribution in [-0.2, 0) is 11.3 Å². The molecule has 3 nitrogen and oxygen atoms in total. The molecule has 0 amide bonds. The van der Waals surface area contributed by atoms with Crippen molar-refractivity contribution in [2.24, 2.45) is 0 Å². The Hall–Kier alpha value is 0.0600. The monoisotopic (exact) mass is 292 g/mol. The molecule has 1 aromatic rings. The number of nitrogens with one attached hydrogen (secondary N) is 2. The molecule has 0 bridgehead atoms. The van der Waals surface area contributed by atoms with Gasteiger partial charge in [0.05, 0.1) is 10.4 Å². The number of hydrogen-bond acceptors (Lipinski definition) is 4. The first-order chi connectivity index (χ1) is 7.33. The van der Waals surface area contributed by atoms with Crippen molar-refractivity contribution in [3.05, 3.63) is 20.8 Å². The molecule has 0 atom stereocenters. The number of rotatable bonds is 8. The van der Waals surface area contributed by atoms with E-state index in [1.54, 1.807) is 18.4 Å². The highest BCUT2D eigenvalue weighted by Crippen LogP contribution is 2.20. The van der Waals surface area contributed by atoms with Crippen LogP contribution in [-0.4, -0.2) is 33.4 Å². The smallest absolute Gasteiger partial charge is 0.0701 e. The average molecular weight is 293 g/mol. The summed E-state index contributed by atoms with van der Waals surface area (Å²) in [6.07, 6.45) is 0. The Bertz CT molecular complexity index is 268. The van der Waals surface area contributed by atoms with E-state index in [-0.39, 0.29) is 0 Å². The molecule has 1 aromatic heterocycles. The van der Waals surface area contributed by atoms with Crippen LogP contribution in [0.1, 0.15) is 5.56 Å². The third kappa shape index (κ3) is 6.27. The molecule has 0 aliphatic carbocycles. The normalized spacial score (nSPS) is 10.8. The van der Waals surface area contributed by atoms with Crippen molar-refractivity contribution in [3.63, 3.8) is 0 Å². The number of halogens is 1. The van der Waals surface area contributed by atoms with Crippen molar-refractivity contribution < 1.29 is 4.74 Å². The van der Waals surface area contributed by atoms with Crippen LogP contribution in [0.2, 0.25) is 0 Å². The molecule has 0 saturated carbocycles. The SMILES string of the molecule is COCCNCCNCc1csc(Br)c1. The van der Waals surface area contributed by atoms with E-state index in [1.165, 1.54) is 9.35 Å². The Morgan fingerprint density at radius 1 is 1.33 bits per heavy atom. The molecule has 0 saturated heterocycles. The Labute approximate surface area is 103 Å². The lowest BCUT2D eigenvalue weighted by atomic mass is 10.3. The fourth-order valence-corrected chi connectivity index (χ4v) is 2.36. The first-order valence-corrected chi connectivity index (χ1v) is 6.63. The van der Waals surface area contributed by atoms with E-state index in [2.05, 4.69) is 38.0 Å². The predicted molar refractivity (Wildman–Crippen MR) is 68.5 cm³/mol. The van der Waals surface area contributed by atoms with Gasteiger partial charge in [-0.05, 0) is 32.9 Å². The van der Waals surface area contributed by atoms with Gasteiger partial charge in [0.1, 0.15) is 0 Å². The maximum Gasteiger partial charge on any atom is 0.0701 e. The fraction of sp³-hybridized carbons (Fsp3) is 0.600. The van der Waals surface area contributed by atoms with Crippen molar-refractivity contribution in [3.8, 4) is 0 Å². The Morgan fingerprint density at radius 3 is 2.80 bits per heavy atom. The van der Waals surface area contributed by atoms with E-state index < -0.39 is 0 Å². The molecular weight excluding hydrogens is 276 g/mol. The Kier molecular flexibility index (Phi) is 7.21. The van der Waals surface area contributed by atoms with E-state index in [4.69, 9.17) is 4.74 Å². The molecular formula is C10H17BrN2OS. The Balaban J connectivity index is 1.93. The third-order valence-corrected chi connectivity index (χ3v) is 3.47. The maximum atomic E-state index is 4.93. The van der Waals surface area contributed by atoms with Gasteiger partial charge in [-0.2, -0.15) is 0 Å². The molecule has 0 aliphatic heterocycles. The largest absolute Gasteiger partial charge is 0.383 e. The van der Waals surface area contributed by atoms with Crippen molar-refractivity contribution in [1.82, 2.24) is 10.6 Å². The lowest BCUT2D eigenvalue weighted by Crippen LogP contribution is -2.29. The molecule has 1 heterocycles. The first kappa shape index (κ1) is 13.1. The van der Waals surface area contributed by atoms with Gasteiger partial charge >= 0.3 is 0 Å². The van der Waals surface area contributed by atoms with Crippen LogP contribution in [0.3, 0.4) is 0 Å². The summed E-state index contributed by atoms with van der Waals surface area (Å²) >= 11 is 5.17. The second-order valence-corrected chi connectivity index (χ2v) is 5.47. The van der Waals surface area contributed by atoms with Crippen molar-refractivity contribution in [2.45, 2.75) is 6.54 Å². The number of thiophene rings is 1. The van der Waals surface area contributed by atoms with Gasteiger partial charge in [-0.15, -0.1) is 11.3 Å². The molecule has 0 unspecified atom stereocenters. The van der Waals surface area contributed by atoms with Crippen LogP contribution in [0.5, 0.6) is 0 Å². The molecule has 0 aromatic carbocycles. The molecule has 15 heavy (non-hydrogen) atoms. The van der Waals surface area contributed by atoms with E-state index >= 15 is 0 Å². The predicted octanol–water partition coefficient (Wildman–Crippen LogP) is 1.84. The number of ether oxygens (including phenoxy) is 1. The third-order valence-electron chi connectivity index (χ3n) is 1.91. The molecule has 0 spiro atoms. The van der Waals surface area contributed by atoms with E-state index in [9.17, 15) is 0 Å². The van der Waals surface area contributed by atoms with Crippen LogP contribution in [0.15, 0.2) is 15.2 Å². The topological polar surface area (TPSA) is 33.3 Å². The zero-order valence-electron chi connectivity index (χ0n) is 8.88. The van der Waals surface area contributed by atoms with Crippen LogP contribution in [0, 0.1) is 0 Å². The van der Waals surface area contributed by atoms with Gasteiger partial charge in [-0.25, -0.2) is 0 Å². The maximum absolute atomic E-state index is 4.93. The molecule has 5 heteroatoms. The second kappa shape index (κ2) is 8.24. The minimum Gasteiger partial charge on any atom is -0.383 e. The Morgan fingerprint density at radius 2 is 2.13 bits per heavy atom. The van der Waals surface area contributed by atoms with Gasteiger partial charge in [0.25, 0.3) is 0 Å². The minimum atomic E-state index is 0.775. The highest BCUT2D eigenvalue weighted by atomic mass is 79.9. The van der Waals surface area contributed by atoms with Crippen molar-refractivity contribution in [2.75, 3.05) is 33.4 Å². The summed E-state index contributed by atoms with van der Waals surface area (Å²) in [7, 11) is 1.72. The molecule has 0 fully saturated rings. The van der Waals surface area contributed by atoms with Crippen molar-refractivity contribution >= 4 is 27.3 Å². The summed E-state index contributed by atoms with van der Waals surface area (Å²) in [6, 6.07) is 2.15. The minimum absolute atomic E-state index is 0.775. The second-order valence-electron chi connectivity index (χ2n) is 3.18. The molecule has 1 rings (SSSR count). The van der Waals surface area contributed by atoms with Crippen LogP contribution in [0.4, 0.5) is 0 Å². The van der Waals surface area contributed by atoms with Gasteiger partial charge in [0.15, 0.2) is 0 Å². The molecule has 0 aliphatic rings. The van der Waals surface area contributed by atoms with E-state index in [1.807, 2.05) is 0 Å². The lowest BCUT2D eigenvalue weighted by molar-refractivity contribution is 0.199. The van der Waals surface area contributed by atoms with Gasteiger partial charge in [0, 0.05) is 33.3 Å². The quantitative estimate of drug-likeness (QED) is 0.718. The number of hydrogen-bond donors (Lipinski definition) is 2. The van der Waals surface area contributed by atoms with Gasteiger partial charge in [-0.3, -0.25) is 0 Å². The van der Waals surface area contributed by atoms with Crippen LogP contribution in [0.25, 0.3) is 0 Å². The highest BCUT2D eigenvalue weighted by molar-refractivity contribution is 9.11. The summed E-state index contributed by atoms with van der Waals surface area (Å²) in [5.41, 5.74) is 1.34. The molecule has 86 valence electrons. The summed E-state index contributed by atoms with van der Waals surface area (Å²) in [5, 5.41) is 8.82.